The second-order valence-electron chi connectivity index (χ2n) is 4.35. The van der Waals surface area contributed by atoms with Crippen LogP contribution in [0.2, 0.25) is 0 Å². The quantitative estimate of drug-likeness (QED) is 0.725. The number of hydrogen-bond acceptors (Lipinski definition) is 1. The lowest BCUT2D eigenvalue weighted by Gasteiger charge is -2.04. The number of benzene rings is 2. The Balaban J connectivity index is 2.04. The Labute approximate surface area is 102 Å². The van der Waals surface area contributed by atoms with E-state index in [1.165, 1.54) is 16.7 Å². The molecule has 0 radical (unpaired) electrons. The summed E-state index contributed by atoms with van der Waals surface area (Å²) in [5.74, 6) is 0. The summed E-state index contributed by atoms with van der Waals surface area (Å²) in [6.07, 6.45) is 2.89. The molecule has 0 N–H and O–H groups in total. The van der Waals surface area contributed by atoms with Crippen molar-refractivity contribution in [2.45, 2.75) is 19.8 Å². The molecule has 0 unspecified atom stereocenters. The minimum atomic E-state index is 0.756. The average Bonchev–Trinajstić information content (AvgIpc) is 2.37. The maximum atomic E-state index is 10.7. The van der Waals surface area contributed by atoms with Crippen LogP contribution >= 0.6 is 0 Å². The van der Waals surface area contributed by atoms with Crippen LogP contribution in [0.4, 0.5) is 0 Å². The summed E-state index contributed by atoms with van der Waals surface area (Å²) < 4.78 is 0. The summed E-state index contributed by atoms with van der Waals surface area (Å²) in [7, 11) is 0. The van der Waals surface area contributed by atoms with E-state index in [2.05, 4.69) is 37.3 Å². The summed E-state index contributed by atoms with van der Waals surface area (Å²) in [6.45, 7) is 2.11. The van der Waals surface area contributed by atoms with Crippen molar-refractivity contribution >= 4 is 6.29 Å². The molecular weight excluding hydrogens is 208 g/mol. The van der Waals surface area contributed by atoms with E-state index < -0.39 is 0 Å². The molecule has 2 aromatic rings. The van der Waals surface area contributed by atoms with Gasteiger partial charge in [-0.15, -0.1) is 0 Å². The second-order valence-corrected chi connectivity index (χ2v) is 4.35. The highest BCUT2D eigenvalue weighted by Crippen LogP contribution is 2.10. The highest BCUT2D eigenvalue weighted by Gasteiger charge is 1.97. The minimum Gasteiger partial charge on any atom is -0.298 e. The van der Waals surface area contributed by atoms with Gasteiger partial charge in [0, 0.05) is 5.56 Å². The van der Waals surface area contributed by atoms with E-state index in [1.807, 2.05) is 18.2 Å². The first-order valence-corrected chi connectivity index (χ1v) is 5.87. The van der Waals surface area contributed by atoms with Crippen molar-refractivity contribution in [1.82, 2.24) is 0 Å². The molecule has 0 aliphatic heterocycles. The first-order chi connectivity index (χ1) is 8.28. The van der Waals surface area contributed by atoms with E-state index in [9.17, 15) is 4.79 Å². The molecule has 1 nitrogen and oxygen atoms in total. The van der Waals surface area contributed by atoms with Gasteiger partial charge in [-0.3, -0.25) is 4.79 Å². The van der Waals surface area contributed by atoms with E-state index in [0.29, 0.717) is 0 Å². The molecule has 0 amide bonds. The van der Waals surface area contributed by atoms with Gasteiger partial charge in [0.05, 0.1) is 0 Å². The van der Waals surface area contributed by atoms with Crippen LogP contribution in [0, 0.1) is 6.92 Å². The highest BCUT2D eigenvalue weighted by molar-refractivity contribution is 5.74. The third-order valence-electron chi connectivity index (χ3n) is 2.87. The molecule has 0 heterocycles. The number of carbonyl (C=O) groups is 1. The van der Waals surface area contributed by atoms with E-state index >= 15 is 0 Å². The topological polar surface area (TPSA) is 17.1 Å². The van der Waals surface area contributed by atoms with Crippen molar-refractivity contribution in [1.29, 1.82) is 0 Å². The molecule has 0 fully saturated rings. The molecule has 2 aromatic carbocycles. The fraction of sp³-hybridized carbons (Fsp3) is 0.188. The summed E-state index contributed by atoms with van der Waals surface area (Å²) in [5.41, 5.74) is 4.62. The van der Waals surface area contributed by atoms with Crippen molar-refractivity contribution in [2.75, 3.05) is 0 Å². The lowest BCUT2D eigenvalue weighted by molar-refractivity contribution is 0.112. The fourth-order valence-electron chi connectivity index (χ4n) is 1.98. The average molecular weight is 224 g/mol. The van der Waals surface area contributed by atoms with Crippen LogP contribution in [0.5, 0.6) is 0 Å². The molecule has 1 heteroatoms. The Morgan fingerprint density at radius 2 is 1.59 bits per heavy atom. The number of carbonyl (C=O) groups excluding carboxylic acids is 1. The Kier molecular flexibility index (Phi) is 3.71. The van der Waals surface area contributed by atoms with Gasteiger partial charge in [-0.1, -0.05) is 48.0 Å². The lowest BCUT2D eigenvalue weighted by Crippen LogP contribution is -1.93. The number of aldehydes is 1. The van der Waals surface area contributed by atoms with Crippen molar-refractivity contribution in [3.63, 3.8) is 0 Å². The Hall–Kier alpha value is -1.89. The zero-order valence-corrected chi connectivity index (χ0v) is 10.0. The SMILES string of the molecule is Cc1cccc(CCc2cccc(C=O)c2)c1. The number of hydrogen-bond donors (Lipinski definition) is 0. The first kappa shape index (κ1) is 11.6. The van der Waals surface area contributed by atoms with Crippen LogP contribution < -0.4 is 0 Å². The van der Waals surface area contributed by atoms with Crippen LogP contribution in [-0.4, -0.2) is 6.29 Å². The van der Waals surface area contributed by atoms with E-state index in [0.717, 1.165) is 24.7 Å². The predicted molar refractivity (Wildman–Crippen MR) is 70.4 cm³/mol. The van der Waals surface area contributed by atoms with Gasteiger partial charge in [0.15, 0.2) is 0 Å². The monoisotopic (exact) mass is 224 g/mol. The molecule has 0 spiro atoms. The maximum Gasteiger partial charge on any atom is 0.150 e. The third kappa shape index (κ3) is 3.28. The molecule has 0 aliphatic carbocycles. The number of aryl methyl sites for hydroxylation is 3. The van der Waals surface area contributed by atoms with E-state index in [-0.39, 0.29) is 0 Å². The summed E-state index contributed by atoms with van der Waals surface area (Å²) in [4.78, 5) is 10.7. The highest BCUT2D eigenvalue weighted by atomic mass is 16.1. The van der Waals surface area contributed by atoms with Crippen molar-refractivity contribution in [3.05, 3.63) is 70.8 Å². The molecule has 2 rings (SSSR count). The molecule has 0 saturated heterocycles. The molecule has 0 atom stereocenters. The van der Waals surface area contributed by atoms with Gasteiger partial charge in [0.25, 0.3) is 0 Å². The molecular formula is C16H16O. The van der Waals surface area contributed by atoms with Gasteiger partial charge in [-0.05, 0) is 37.0 Å². The summed E-state index contributed by atoms with van der Waals surface area (Å²) >= 11 is 0. The Bertz CT molecular complexity index is 514. The van der Waals surface area contributed by atoms with E-state index in [4.69, 9.17) is 0 Å². The van der Waals surface area contributed by atoms with E-state index in [1.54, 1.807) is 0 Å². The zero-order valence-electron chi connectivity index (χ0n) is 10.0. The van der Waals surface area contributed by atoms with Crippen LogP contribution in [0.15, 0.2) is 48.5 Å². The number of rotatable bonds is 4. The third-order valence-corrected chi connectivity index (χ3v) is 2.87. The minimum absolute atomic E-state index is 0.756. The van der Waals surface area contributed by atoms with Gasteiger partial charge < -0.3 is 0 Å². The molecule has 0 aromatic heterocycles. The van der Waals surface area contributed by atoms with Crippen molar-refractivity contribution in [2.24, 2.45) is 0 Å². The van der Waals surface area contributed by atoms with Gasteiger partial charge in [0.1, 0.15) is 6.29 Å². The smallest absolute Gasteiger partial charge is 0.150 e. The van der Waals surface area contributed by atoms with Gasteiger partial charge in [-0.25, -0.2) is 0 Å². The predicted octanol–water partition coefficient (Wildman–Crippen LogP) is 3.59. The Morgan fingerprint density at radius 1 is 0.941 bits per heavy atom. The lowest BCUT2D eigenvalue weighted by atomic mass is 10.0. The normalized spacial score (nSPS) is 10.2. The van der Waals surface area contributed by atoms with Gasteiger partial charge in [0.2, 0.25) is 0 Å². The Morgan fingerprint density at radius 3 is 2.24 bits per heavy atom. The van der Waals surface area contributed by atoms with Crippen LogP contribution in [0.3, 0.4) is 0 Å². The molecule has 0 aliphatic rings. The van der Waals surface area contributed by atoms with Crippen molar-refractivity contribution < 1.29 is 4.79 Å². The standard InChI is InChI=1S/C16H16O/c1-13-4-2-5-14(10-13)8-9-15-6-3-7-16(11-15)12-17/h2-7,10-12H,8-9H2,1H3. The van der Waals surface area contributed by atoms with Gasteiger partial charge >= 0.3 is 0 Å². The molecule has 0 bridgehead atoms. The summed E-state index contributed by atoms with van der Waals surface area (Å²) in [6, 6.07) is 16.4. The maximum absolute atomic E-state index is 10.7. The summed E-state index contributed by atoms with van der Waals surface area (Å²) in [5, 5.41) is 0. The largest absolute Gasteiger partial charge is 0.298 e. The molecule has 86 valence electrons. The van der Waals surface area contributed by atoms with Gasteiger partial charge in [-0.2, -0.15) is 0 Å². The fourth-order valence-corrected chi connectivity index (χ4v) is 1.98. The van der Waals surface area contributed by atoms with Crippen LogP contribution in [0.25, 0.3) is 0 Å². The second kappa shape index (κ2) is 5.44. The molecule has 0 saturated carbocycles. The first-order valence-electron chi connectivity index (χ1n) is 5.87. The van der Waals surface area contributed by atoms with Crippen LogP contribution in [0.1, 0.15) is 27.0 Å². The molecule has 17 heavy (non-hydrogen) atoms. The van der Waals surface area contributed by atoms with Crippen molar-refractivity contribution in [3.8, 4) is 0 Å². The van der Waals surface area contributed by atoms with Crippen LogP contribution in [-0.2, 0) is 12.8 Å². The zero-order chi connectivity index (χ0) is 12.1.